The Morgan fingerprint density at radius 2 is 1.82 bits per heavy atom. The van der Waals surface area contributed by atoms with Gasteiger partial charge in [0.05, 0.1) is 6.04 Å². The van der Waals surface area contributed by atoms with Crippen LogP contribution in [0.25, 0.3) is 0 Å². The first-order valence-corrected chi connectivity index (χ1v) is 7.51. The molecular formula is C16H27Cl2N3O. The summed E-state index contributed by atoms with van der Waals surface area (Å²) in [7, 11) is 1.87. The van der Waals surface area contributed by atoms with Gasteiger partial charge >= 0.3 is 0 Å². The molecule has 0 bridgehead atoms. The van der Waals surface area contributed by atoms with E-state index in [0.717, 1.165) is 26.2 Å². The molecule has 1 heterocycles. The van der Waals surface area contributed by atoms with Crippen molar-refractivity contribution >= 4 is 30.7 Å². The van der Waals surface area contributed by atoms with Crippen LogP contribution in [0.1, 0.15) is 30.9 Å². The minimum absolute atomic E-state index is 0. The van der Waals surface area contributed by atoms with Gasteiger partial charge in [-0.05, 0) is 38.5 Å². The molecule has 22 heavy (non-hydrogen) atoms. The highest BCUT2D eigenvalue weighted by molar-refractivity contribution is 5.85. The summed E-state index contributed by atoms with van der Waals surface area (Å²) in [6.45, 7) is 3.93. The van der Waals surface area contributed by atoms with Crippen LogP contribution in [0, 0.1) is 0 Å². The third-order valence-corrected chi connectivity index (χ3v) is 3.78. The molecule has 1 aliphatic heterocycles. The molecule has 1 saturated heterocycles. The van der Waals surface area contributed by atoms with Gasteiger partial charge < -0.3 is 15.5 Å². The van der Waals surface area contributed by atoms with Crippen molar-refractivity contribution in [3.05, 3.63) is 35.9 Å². The minimum Gasteiger partial charge on any atom is -0.348 e. The predicted molar refractivity (Wildman–Crippen MR) is 96.0 cm³/mol. The number of carbonyl (C=O) groups is 1. The fourth-order valence-corrected chi connectivity index (χ4v) is 2.65. The lowest BCUT2D eigenvalue weighted by atomic mass is 10.1. The van der Waals surface area contributed by atoms with Crippen LogP contribution in [0.4, 0.5) is 0 Å². The maximum absolute atomic E-state index is 12.0. The van der Waals surface area contributed by atoms with Crippen molar-refractivity contribution in [1.82, 2.24) is 15.5 Å². The molecule has 1 amide bonds. The monoisotopic (exact) mass is 347 g/mol. The van der Waals surface area contributed by atoms with Gasteiger partial charge in [-0.2, -0.15) is 0 Å². The van der Waals surface area contributed by atoms with Crippen LogP contribution in [0.15, 0.2) is 30.3 Å². The average Bonchev–Trinajstić information content (AvgIpc) is 2.98. The van der Waals surface area contributed by atoms with Crippen LogP contribution in [0.3, 0.4) is 0 Å². The summed E-state index contributed by atoms with van der Waals surface area (Å²) >= 11 is 0. The van der Waals surface area contributed by atoms with Crippen molar-refractivity contribution < 1.29 is 4.79 Å². The lowest BCUT2D eigenvalue weighted by Crippen LogP contribution is -2.37. The second kappa shape index (κ2) is 11.7. The van der Waals surface area contributed by atoms with Gasteiger partial charge in [0.25, 0.3) is 0 Å². The molecule has 0 spiro atoms. The first-order chi connectivity index (χ1) is 9.79. The second-order valence-corrected chi connectivity index (χ2v) is 5.39. The molecule has 2 rings (SSSR count). The number of rotatable bonds is 7. The molecule has 1 aliphatic rings. The van der Waals surface area contributed by atoms with Crippen molar-refractivity contribution in [2.45, 2.75) is 25.3 Å². The minimum atomic E-state index is 0. The van der Waals surface area contributed by atoms with Crippen molar-refractivity contribution in [2.75, 3.05) is 33.2 Å². The summed E-state index contributed by atoms with van der Waals surface area (Å²) in [4.78, 5) is 14.4. The highest BCUT2D eigenvalue weighted by Gasteiger charge is 2.20. The lowest BCUT2D eigenvalue weighted by Gasteiger charge is -2.25. The molecule has 6 heteroatoms. The number of nitrogens with zero attached hydrogens (tertiary/aromatic N) is 1. The lowest BCUT2D eigenvalue weighted by molar-refractivity contribution is -0.121. The summed E-state index contributed by atoms with van der Waals surface area (Å²) in [5, 5.41) is 6.19. The van der Waals surface area contributed by atoms with Gasteiger partial charge in [-0.1, -0.05) is 30.3 Å². The fraction of sp³-hybridized carbons (Fsp3) is 0.562. The van der Waals surface area contributed by atoms with E-state index in [1.54, 1.807) is 0 Å². The number of carbonyl (C=O) groups excluding carboxylic acids is 1. The average molecular weight is 348 g/mol. The molecule has 126 valence electrons. The largest absolute Gasteiger partial charge is 0.348 e. The number of hydrogen-bond donors (Lipinski definition) is 2. The molecule has 0 radical (unpaired) electrons. The smallest absolute Gasteiger partial charge is 0.221 e. The molecule has 4 nitrogen and oxygen atoms in total. The maximum Gasteiger partial charge on any atom is 0.221 e. The molecule has 1 aromatic rings. The third kappa shape index (κ3) is 6.97. The van der Waals surface area contributed by atoms with Crippen LogP contribution < -0.4 is 10.6 Å². The summed E-state index contributed by atoms with van der Waals surface area (Å²) < 4.78 is 0. The van der Waals surface area contributed by atoms with Gasteiger partial charge in [0.1, 0.15) is 0 Å². The SMILES string of the molecule is CNCCC(=O)NC(CN1CCCC1)c1ccccc1.Cl.Cl. The van der Waals surface area contributed by atoms with Crippen LogP contribution in [-0.2, 0) is 4.79 Å². The normalized spacial score (nSPS) is 15.5. The summed E-state index contributed by atoms with van der Waals surface area (Å²) in [6.07, 6.45) is 3.07. The van der Waals surface area contributed by atoms with E-state index in [1.807, 2.05) is 25.2 Å². The summed E-state index contributed by atoms with van der Waals surface area (Å²) in [5.74, 6) is 0.118. The van der Waals surface area contributed by atoms with Gasteiger partial charge in [0.2, 0.25) is 5.91 Å². The number of benzene rings is 1. The van der Waals surface area contributed by atoms with Crippen LogP contribution in [0.2, 0.25) is 0 Å². The van der Waals surface area contributed by atoms with E-state index >= 15 is 0 Å². The van der Waals surface area contributed by atoms with Crippen LogP contribution in [0.5, 0.6) is 0 Å². The van der Waals surface area contributed by atoms with E-state index in [9.17, 15) is 4.79 Å². The van der Waals surface area contributed by atoms with E-state index in [4.69, 9.17) is 0 Å². The molecule has 2 N–H and O–H groups in total. The van der Waals surface area contributed by atoms with Crippen molar-refractivity contribution in [3.8, 4) is 0 Å². The summed E-state index contributed by atoms with van der Waals surface area (Å²) in [5.41, 5.74) is 1.19. The molecular weight excluding hydrogens is 321 g/mol. The number of nitrogens with one attached hydrogen (secondary N) is 2. The van der Waals surface area contributed by atoms with E-state index in [1.165, 1.54) is 18.4 Å². The molecule has 0 aromatic heterocycles. The Hall–Kier alpha value is -0.810. The van der Waals surface area contributed by atoms with Crippen LogP contribution in [-0.4, -0.2) is 44.0 Å². The summed E-state index contributed by atoms with van der Waals surface area (Å²) in [6, 6.07) is 10.4. The zero-order chi connectivity index (χ0) is 14.2. The van der Waals surface area contributed by atoms with Gasteiger partial charge in [-0.3, -0.25) is 4.79 Å². The fourth-order valence-electron chi connectivity index (χ4n) is 2.65. The molecule has 1 atom stereocenters. The van der Waals surface area contributed by atoms with E-state index < -0.39 is 0 Å². The van der Waals surface area contributed by atoms with E-state index in [2.05, 4.69) is 27.7 Å². The Morgan fingerprint density at radius 1 is 1.18 bits per heavy atom. The van der Waals surface area contributed by atoms with Crippen molar-refractivity contribution in [3.63, 3.8) is 0 Å². The zero-order valence-corrected chi connectivity index (χ0v) is 14.7. The number of halogens is 2. The van der Waals surface area contributed by atoms with Gasteiger partial charge in [-0.15, -0.1) is 24.8 Å². The van der Waals surface area contributed by atoms with Crippen LogP contribution >= 0.6 is 24.8 Å². The topological polar surface area (TPSA) is 44.4 Å². The first kappa shape index (κ1) is 21.2. The number of amides is 1. The molecule has 0 saturated carbocycles. The van der Waals surface area contributed by atoms with E-state index in [-0.39, 0.29) is 36.8 Å². The third-order valence-electron chi connectivity index (χ3n) is 3.78. The Bertz CT molecular complexity index is 411. The quantitative estimate of drug-likeness (QED) is 0.795. The molecule has 1 unspecified atom stereocenters. The maximum atomic E-state index is 12.0. The Labute approximate surface area is 145 Å². The molecule has 0 aliphatic carbocycles. The Kier molecular flexibility index (Phi) is 11.3. The second-order valence-electron chi connectivity index (χ2n) is 5.39. The predicted octanol–water partition coefficient (Wildman–Crippen LogP) is 2.39. The van der Waals surface area contributed by atoms with Crippen molar-refractivity contribution in [1.29, 1.82) is 0 Å². The highest BCUT2D eigenvalue weighted by atomic mass is 35.5. The zero-order valence-electron chi connectivity index (χ0n) is 13.1. The van der Waals surface area contributed by atoms with Gasteiger partial charge in [-0.25, -0.2) is 0 Å². The first-order valence-electron chi connectivity index (χ1n) is 7.51. The highest BCUT2D eigenvalue weighted by Crippen LogP contribution is 2.17. The molecule has 1 aromatic carbocycles. The van der Waals surface area contributed by atoms with Crippen molar-refractivity contribution in [2.24, 2.45) is 0 Å². The molecule has 1 fully saturated rings. The number of likely N-dealkylation sites (tertiary alicyclic amines) is 1. The standard InChI is InChI=1S/C16H25N3O.2ClH/c1-17-10-9-16(20)18-15(13-19-11-5-6-12-19)14-7-3-2-4-8-14;;/h2-4,7-8,15,17H,5-6,9-13H2,1H3,(H,18,20);2*1H. The van der Waals surface area contributed by atoms with Gasteiger partial charge in [0.15, 0.2) is 0 Å². The number of hydrogen-bond acceptors (Lipinski definition) is 3. The Balaban J connectivity index is 0.00000220. The Morgan fingerprint density at radius 3 is 2.41 bits per heavy atom. The van der Waals surface area contributed by atoms with E-state index in [0.29, 0.717) is 6.42 Å². The van der Waals surface area contributed by atoms with Gasteiger partial charge in [0, 0.05) is 19.5 Å².